The van der Waals surface area contributed by atoms with Crippen LogP contribution in [0.4, 0.5) is 0 Å². The van der Waals surface area contributed by atoms with Crippen LogP contribution in [0.2, 0.25) is 0 Å². The fourth-order valence-electron chi connectivity index (χ4n) is 2.36. The van der Waals surface area contributed by atoms with Crippen LogP contribution >= 0.6 is 0 Å². The summed E-state index contributed by atoms with van der Waals surface area (Å²) in [7, 11) is 0. The fourth-order valence-corrected chi connectivity index (χ4v) is 2.36. The summed E-state index contributed by atoms with van der Waals surface area (Å²) >= 11 is 0. The van der Waals surface area contributed by atoms with E-state index >= 15 is 0 Å². The van der Waals surface area contributed by atoms with Crippen molar-refractivity contribution in [3.05, 3.63) is 24.3 Å². The molecule has 3 N–H and O–H groups in total. The van der Waals surface area contributed by atoms with Gasteiger partial charge in [0.2, 0.25) is 0 Å². The minimum absolute atomic E-state index is 0.181. The Bertz CT molecular complexity index is 364. The topological polar surface area (TPSA) is 64.7 Å². The molecule has 0 amide bonds. The van der Waals surface area contributed by atoms with Gasteiger partial charge in [0.25, 0.3) is 0 Å². The molecule has 1 aromatic rings. The number of para-hydroxylation sites is 2. The van der Waals surface area contributed by atoms with Crippen LogP contribution < -0.4 is 10.5 Å². The summed E-state index contributed by atoms with van der Waals surface area (Å²) in [5, 5.41) is 9.63. The highest BCUT2D eigenvalue weighted by atomic mass is 16.5. The van der Waals surface area contributed by atoms with Crippen molar-refractivity contribution in [1.29, 1.82) is 0 Å². The monoisotopic (exact) mass is 251 g/mol. The number of hydrogen-bond donors (Lipinski definition) is 2. The van der Waals surface area contributed by atoms with E-state index in [0.717, 1.165) is 26.1 Å². The maximum Gasteiger partial charge on any atom is 0.160 e. The lowest BCUT2D eigenvalue weighted by molar-refractivity contribution is 0.0379. The van der Waals surface area contributed by atoms with Crippen LogP contribution in [-0.4, -0.2) is 31.5 Å². The Hall–Kier alpha value is -1.26. The van der Waals surface area contributed by atoms with Crippen molar-refractivity contribution in [3.63, 3.8) is 0 Å². The number of phenols is 1. The average molecular weight is 251 g/mol. The van der Waals surface area contributed by atoms with E-state index in [1.807, 2.05) is 6.07 Å². The molecule has 1 heterocycles. The Balaban J connectivity index is 1.88. The number of benzene rings is 1. The zero-order valence-electron chi connectivity index (χ0n) is 10.5. The molecular formula is C14H21NO3. The Morgan fingerprint density at radius 3 is 2.72 bits per heavy atom. The third-order valence-electron chi connectivity index (χ3n) is 3.55. The third kappa shape index (κ3) is 3.37. The minimum atomic E-state index is 0.181. The first-order chi connectivity index (χ1) is 8.81. The van der Waals surface area contributed by atoms with Crippen LogP contribution in [0.25, 0.3) is 0 Å². The van der Waals surface area contributed by atoms with Crippen LogP contribution in [0.3, 0.4) is 0 Å². The van der Waals surface area contributed by atoms with Crippen LogP contribution in [0, 0.1) is 11.8 Å². The fraction of sp³-hybridized carbons (Fsp3) is 0.571. The normalized spacial score (nSPS) is 18.5. The number of nitrogens with two attached hydrogens (primary N) is 1. The molecule has 1 aromatic carbocycles. The van der Waals surface area contributed by atoms with Gasteiger partial charge in [-0.05, 0) is 37.4 Å². The first-order valence-electron chi connectivity index (χ1n) is 6.50. The molecule has 0 spiro atoms. The molecule has 0 aliphatic carbocycles. The highest BCUT2D eigenvalue weighted by Gasteiger charge is 2.23. The molecule has 100 valence electrons. The summed E-state index contributed by atoms with van der Waals surface area (Å²) in [5.74, 6) is 1.60. The van der Waals surface area contributed by atoms with Crippen LogP contribution in [0.15, 0.2) is 24.3 Å². The van der Waals surface area contributed by atoms with Crippen molar-refractivity contribution in [3.8, 4) is 11.5 Å². The standard InChI is InChI=1S/C14H21NO3/c15-9-12(11-5-7-17-8-6-11)10-18-14-4-2-1-3-13(14)16/h1-4,11-12,16H,5-10,15H2. The van der Waals surface area contributed by atoms with Gasteiger partial charge in [-0.2, -0.15) is 0 Å². The van der Waals surface area contributed by atoms with Crippen molar-refractivity contribution in [2.75, 3.05) is 26.4 Å². The first kappa shape index (κ1) is 13.2. The average Bonchev–Trinajstić information content (AvgIpc) is 2.42. The number of hydrogen-bond acceptors (Lipinski definition) is 4. The highest BCUT2D eigenvalue weighted by Crippen LogP contribution is 2.28. The first-order valence-corrected chi connectivity index (χ1v) is 6.50. The summed E-state index contributed by atoms with van der Waals surface area (Å²) in [6, 6.07) is 7.02. The van der Waals surface area contributed by atoms with Gasteiger partial charge in [-0.15, -0.1) is 0 Å². The van der Waals surface area contributed by atoms with Crippen LogP contribution in [-0.2, 0) is 4.74 Å². The van der Waals surface area contributed by atoms with Crippen molar-refractivity contribution in [2.24, 2.45) is 17.6 Å². The van der Waals surface area contributed by atoms with Gasteiger partial charge in [-0.3, -0.25) is 0 Å². The van der Waals surface area contributed by atoms with E-state index in [1.54, 1.807) is 18.2 Å². The maximum absolute atomic E-state index is 9.63. The second kappa shape index (κ2) is 6.61. The van der Waals surface area contributed by atoms with Gasteiger partial charge < -0.3 is 20.3 Å². The number of aromatic hydroxyl groups is 1. The van der Waals surface area contributed by atoms with Crippen molar-refractivity contribution in [1.82, 2.24) is 0 Å². The van der Waals surface area contributed by atoms with E-state index in [-0.39, 0.29) is 5.75 Å². The van der Waals surface area contributed by atoms with E-state index in [4.69, 9.17) is 15.2 Å². The molecule has 18 heavy (non-hydrogen) atoms. The van der Waals surface area contributed by atoms with E-state index in [0.29, 0.717) is 30.7 Å². The summed E-state index contributed by atoms with van der Waals surface area (Å²) in [5.41, 5.74) is 5.82. The Labute approximate surface area is 108 Å². The lowest BCUT2D eigenvalue weighted by Crippen LogP contribution is -2.32. The molecule has 0 bridgehead atoms. The molecule has 0 saturated carbocycles. The van der Waals surface area contributed by atoms with E-state index in [9.17, 15) is 5.11 Å². The Morgan fingerprint density at radius 2 is 2.06 bits per heavy atom. The smallest absolute Gasteiger partial charge is 0.160 e. The van der Waals surface area contributed by atoms with Gasteiger partial charge in [-0.25, -0.2) is 0 Å². The summed E-state index contributed by atoms with van der Waals surface area (Å²) < 4.78 is 11.0. The molecule has 1 aliphatic rings. The van der Waals surface area contributed by atoms with Crippen molar-refractivity contribution >= 4 is 0 Å². The number of rotatable bonds is 5. The van der Waals surface area contributed by atoms with Crippen molar-refractivity contribution in [2.45, 2.75) is 12.8 Å². The van der Waals surface area contributed by atoms with Gasteiger partial charge in [0.15, 0.2) is 11.5 Å². The van der Waals surface area contributed by atoms with Gasteiger partial charge in [0.1, 0.15) is 0 Å². The summed E-state index contributed by atoms with van der Waals surface area (Å²) in [6.45, 7) is 2.80. The van der Waals surface area contributed by atoms with Gasteiger partial charge in [-0.1, -0.05) is 12.1 Å². The highest BCUT2D eigenvalue weighted by molar-refractivity contribution is 5.37. The molecule has 4 heteroatoms. The van der Waals surface area contributed by atoms with Crippen LogP contribution in [0.1, 0.15) is 12.8 Å². The Kier molecular flexibility index (Phi) is 4.84. The molecule has 2 rings (SSSR count). The molecule has 4 nitrogen and oxygen atoms in total. The molecule has 1 saturated heterocycles. The maximum atomic E-state index is 9.63. The zero-order valence-corrected chi connectivity index (χ0v) is 10.5. The lowest BCUT2D eigenvalue weighted by atomic mass is 9.86. The molecule has 0 radical (unpaired) electrons. The quantitative estimate of drug-likeness (QED) is 0.837. The van der Waals surface area contributed by atoms with E-state index in [1.165, 1.54) is 0 Å². The summed E-state index contributed by atoms with van der Waals surface area (Å²) in [6.07, 6.45) is 2.10. The molecular weight excluding hydrogens is 230 g/mol. The van der Waals surface area contributed by atoms with Gasteiger partial charge in [0, 0.05) is 19.1 Å². The predicted octanol–water partition coefficient (Wildman–Crippen LogP) is 1.77. The Morgan fingerprint density at radius 1 is 1.33 bits per heavy atom. The molecule has 1 aliphatic heterocycles. The molecule has 1 unspecified atom stereocenters. The SMILES string of the molecule is NCC(COc1ccccc1O)C1CCOCC1. The number of ether oxygens (including phenoxy) is 2. The molecule has 0 aromatic heterocycles. The number of phenolic OH excluding ortho intramolecular Hbond substituents is 1. The second-order valence-corrected chi connectivity index (χ2v) is 4.72. The van der Waals surface area contributed by atoms with E-state index in [2.05, 4.69) is 0 Å². The van der Waals surface area contributed by atoms with E-state index < -0.39 is 0 Å². The minimum Gasteiger partial charge on any atom is -0.504 e. The lowest BCUT2D eigenvalue weighted by Gasteiger charge is -2.29. The predicted molar refractivity (Wildman–Crippen MR) is 69.7 cm³/mol. The van der Waals surface area contributed by atoms with Crippen molar-refractivity contribution < 1.29 is 14.6 Å². The zero-order chi connectivity index (χ0) is 12.8. The summed E-state index contributed by atoms with van der Waals surface area (Å²) in [4.78, 5) is 0. The second-order valence-electron chi connectivity index (χ2n) is 4.72. The third-order valence-corrected chi connectivity index (χ3v) is 3.55. The van der Waals surface area contributed by atoms with Gasteiger partial charge >= 0.3 is 0 Å². The largest absolute Gasteiger partial charge is 0.504 e. The van der Waals surface area contributed by atoms with Crippen LogP contribution in [0.5, 0.6) is 11.5 Å². The molecule has 1 fully saturated rings. The van der Waals surface area contributed by atoms with Gasteiger partial charge in [0.05, 0.1) is 6.61 Å². The molecule has 1 atom stereocenters.